The summed E-state index contributed by atoms with van der Waals surface area (Å²) in [5.74, 6) is -1.91. The molecule has 0 aliphatic carbocycles. The Bertz CT molecular complexity index is 1190. The first-order chi connectivity index (χ1) is 16.5. The van der Waals surface area contributed by atoms with Gasteiger partial charge < -0.3 is 10.6 Å². The lowest BCUT2D eigenvalue weighted by Gasteiger charge is -2.32. The summed E-state index contributed by atoms with van der Waals surface area (Å²) in [6.07, 6.45) is 4.20. The summed E-state index contributed by atoms with van der Waals surface area (Å²) in [5, 5.41) is 2.24. The molecule has 0 bridgehead atoms. The Labute approximate surface area is 198 Å². The van der Waals surface area contributed by atoms with E-state index in [-0.39, 0.29) is 18.7 Å². The van der Waals surface area contributed by atoms with Gasteiger partial charge in [-0.25, -0.2) is 0 Å². The molecule has 1 fully saturated rings. The Morgan fingerprint density at radius 3 is 2.68 bits per heavy atom. The van der Waals surface area contributed by atoms with E-state index in [4.69, 9.17) is 5.73 Å². The Kier molecular flexibility index (Phi) is 5.91. The number of nitrogens with zero attached hydrogens (tertiary/aromatic N) is 2. The van der Waals surface area contributed by atoms with Crippen molar-refractivity contribution in [2.45, 2.75) is 51.1 Å². The quantitative estimate of drug-likeness (QED) is 0.637. The highest BCUT2D eigenvalue weighted by atomic mass is 16.2. The Hall–Kier alpha value is -3.52. The molecule has 5 rings (SSSR count). The molecule has 8 heteroatoms. The molecule has 3 aliphatic rings. The van der Waals surface area contributed by atoms with Gasteiger partial charge >= 0.3 is 0 Å². The molecule has 3 N–H and O–H groups in total. The number of carbonyl (C=O) groups is 4. The van der Waals surface area contributed by atoms with Crippen molar-refractivity contribution in [2.24, 2.45) is 5.73 Å². The maximum atomic E-state index is 13.4. The topological polar surface area (TPSA) is 113 Å². The number of carbonyl (C=O) groups excluding carboxylic acids is 4. The van der Waals surface area contributed by atoms with Crippen LogP contribution < -0.4 is 16.0 Å². The van der Waals surface area contributed by atoms with Gasteiger partial charge in [0.25, 0.3) is 11.8 Å². The number of aryl methyl sites for hydroxylation is 2. The van der Waals surface area contributed by atoms with Crippen LogP contribution >= 0.6 is 0 Å². The molecule has 1 atom stereocenters. The molecule has 1 saturated heterocycles. The van der Waals surface area contributed by atoms with Crippen LogP contribution in [-0.2, 0) is 29.0 Å². The number of anilines is 1. The summed E-state index contributed by atoms with van der Waals surface area (Å²) in [4.78, 5) is 53.7. The molecule has 0 aromatic heterocycles. The van der Waals surface area contributed by atoms with E-state index in [1.165, 1.54) is 11.1 Å². The van der Waals surface area contributed by atoms with Crippen molar-refractivity contribution in [1.29, 1.82) is 0 Å². The number of fused-ring (bicyclic) bond motifs is 2. The summed E-state index contributed by atoms with van der Waals surface area (Å²) in [5.41, 5.74) is 10.8. The number of piperidine rings is 1. The lowest BCUT2D eigenvalue weighted by Crippen LogP contribution is -2.54. The number of nitrogens with two attached hydrogens (primary N) is 1. The standard InChI is InChI=1S/C26H28N4O4/c27-12-2-4-16-8-9-20-17(14-16)6-3-13-29(20)15-18-5-1-7-19-23(18)26(34)30(25(19)33)21-10-11-22(31)28-24(21)32/h1,5,7-9,14,21H,2-4,6,10-13,15,27H2,(H,28,31,32). The SMILES string of the molecule is NCCCc1ccc2c(c1)CCCN2Cc1cccc2c1C(=O)N(C1CCC(=O)NC1=O)C2=O. The first-order valence-electron chi connectivity index (χ1n) is 11.9. The number of amides is 4. The molecule has 0 spiro atoms. The average Bonchev–Trinajstić information content (AvgIpc) is 3.08. The second-order valence-corrected chi connectivity index (χ2v) is 9.17. The van der Waals surface area contributed by atoms with E-state index in [0.717, 1.165) is 48.4 Å². The minimum atomic E-state index is -0.958. The van der Waals surface area contributed by atoms with Gasteiger partial charge in [0, 0.05) is 25.2 Å². The number of hydrogen-bond donors (Lipinski definition) is 2. The maximum absolute atomic E-state index is 13.4. The summed E-state index contributed by atoms with van der Waals surface area (Å²) in [7, 11) is 0. The lowest BCUT2D eigenvalue weighted by atomic mass is 9.96. The molecule has 0 radical (unpaired) electrons. The van der Waals surface area contributed by atoms with E-state index in [1.807, 2.05) is 6.07 Å². The maximum Gasteiger partial charge on any atom is 0.262 e. The van der Waals surface area contributed by atoms with Crippen LogP contribution in [0.1, 0.15) is 63.1 Å². The molecule has 3 aliphatic heterocycles. The van der Waals surface area contributed by atoms with Crippen LogP contribution in [0.3, 0.4) is 0 Å². The summed E-state index contributed by atoms with van der Waals surface area (Å²) < 4.78 is 0. The summed E-state index contributed by atoms with van der Waals surface area (Å²) >= 11 is 0. The Morgan fingerprint density at radius 1 is 1.03 bits per heavy atom. The minimum absolute atomic E-state index is 0.106. The molecule has 0 saturated carbocycles. The van der Waals surface area contributed by atoms with E-state index in [1.54, 1.807) is 12.1 Å². The summed E-state index contributed by atoms with van der Waals surface area (Å²) in [6.45, 7) is 2.03. The van der Waals surface area contributed by atoms with Crippen LogP contribution in [0.2, 0.25) is 0 Å². The van der Waals surface area contributed by atoms with Gasteiger partial charge in [0.15, 0.2) is 0 Å². The highest BCUT2D eigenvalue weighted by molar-refractivity contribution is 6.24. The van der Waals surface area contributed by atoms with Gasteiger partial charge in [-0.3, -0.25) is 29.4 Å². The van der Waals surface area contributed by atoms with E-state index in [2.05, 4.69) is 28.4 Å². The van der Waals surface area contributed by atoms with Crippen molar-refractivity contribution >= 4 is 29.3 Å². The monoisotopic (exact) mass is 460 g/mol. The molecular weight excluding hydrogens is 432 g/mol. The molecule has 8 nitrogen and oxygen atoms in total. The molecule has 34 heavy (non-hydrogen) atoms. The fourth-order valence-corrected chi connectivity index (χ4v) is 5.28. The Morgan fingerprint density at radius 2 is 1.88 bits per heavy atom. The molecule has 176 valence electrons. The van der Waals surface area contributed by atoms with Crippen molar-refractivity contribution in [3.8, 4) is 0 Å². The van der Waals surface area contributed by atoms with Crippen molar-refractivity contribution in [3.05, 3.63) is 64.2 Å². The van der Waals surface area contributed by atoms with E-state index >= 15 is 0 Å². The van der Waals surface area contributed by atoms with Gasteiger partial charge in [-0.05, 0) is 67.5 Å². The van der Waals surface area contributed by atoms with Crippen LogP contribution in [0, 0.1) is 0 Å². The summed E-state index contributed by atoms with van der Waals surface area (Å²) in [6, 6.07) is 10.9. The Balaban J connectivity index is 1.42. The zero-order valence-electron chi connectivity index (χ0n) is 19.0. The average molecular weight is 461 g/mol. The third-order valence-electron chi connectivity index (χ3n) is 6.94. The normalized spacial score (nSPS) is 19.9. The van der Waals surface area contributed by atoms with E-state index in [9.17, 15) is 19.2 Å². The number of rotatable bonds is 6. The largest absolute Gasteiger partial charge is 0.367 e. The van der Waals surface area contributed by atoms with Gasteiger partial charge in [-0.2, -0.15) is 0 Å². The van der Waals surface area contributed by atoms with E-state index in [0.29, 0.717) is 24.2 Å². The predicted octanol–water partition coefficient (Wildman–Crippen LogP) is 1.93. The number of imide groups is 2. The van der Waals surface area contributed by atoms with Crippen molar-refractivity contribution in [2.75, 3.05) is 18.0 Å². The molecule has 4 amide bonds. The van der Waals surface area contributed by atoms with Crippen LogP contribution in [0.25, 0.3) is 0 Å². The van der Waals surface area contributed by atoms with Crippen LogP contribution in [0.4, 0.5) is 5.69 Å². The van der Waals surface area contributed by atoms with Gasteiger partial charge in [0.2, 0.25) is 11.8 Å². The zero-order chi connectivity index (χ0) is 23.8. The molecular formula is C26H28N4O4. The predicted molar refractivity (Wildman–Crippen MR) is 126 cm³/mol. The first-order valence-corrected chi connectivity index (χ1v) is 11.9. The zero-order valence-corrected chi connectivity index (χ0v) is 19.0. The molecule has 3 heterocycles. The molecule has 2 aromatic rings. The third kappa shape index (κ3) is 3.88. The fraction of sp³-hybridized carbons (Fsp3) is 0.385. The van der Waals surface area contributed by atoms with Gasteiger partial charge in [-0.1, -0.05) is 24.3 Å². The van der Waals surface area contributed by atoms with Crippen molar-refractivity contribution in [1.82, 2.24) is 10.2 Å². The fourth-order valence-electron chi connectivity index (χ4n) is 5.28. The van der Waals surface area contributed by atoms with Crippen molar-refractivity contribution in [3.63, 3.8) is 0 Å². The van der Waals surface area contributed by atoms with Crippen LogP contribution in [-0.4, -0.2) is 47.7 Å². The van der Waals surface area contributed by atoms with Crippen LogP contribution in [0.15, 0.2) is 36.4 Å². The van der Waals surface area contributed by atoms with Gasteiger partial charge in [-0.15, -0.1) is 0 Å². The van der Waals surface area contributed by atoms with Gasteiger partial charge in [0.1, 0.15) is 6.04 Å². The van der Waals surface area contributed by atoms with Crippen molar-refractivity contribution < 1.29 is 19.2 Å². The second kappa shape index (κ2) is 9.02. The van der Waals surface area contributed by atoms with E-state index < -0.39 is 23.8 Å². The van der Waals surface area contributed by atoms with Crippen LogP contribution in [0.5, 0.6) is 0 Å². The lowest BCUT2D eigenvalue weighted by molar-refractivity contribution is -0.136. The second-order valence-electron chi connectivity index (χ2n) is 9.17. The third-order valence-corrected chi connectivity index (χ3v) is 6.94. The highest BCUT2D eigenvalue weighted by Gasteiger charge is 2.45. The minimum Gasteiger partial charge on any atom is -0.367 e. The highest BCUT2D eigenvalue weighted by Crippen LogP contribution is 2.34. The molecule has 2 aromatic carbocycles. The smallest absolute Gasteiger partial charge is 0.262 e. The number of hydrogen-bond acceptors (Lipinski definition) is 6. The number of nitrogens with one attached hydrogen (secondary N) is 1. The molecule has 1 unspecified atom stereocenters. The first kappa shape index (κ1) is 22.3. The van der Waals surface area contributed by atoms with Gasteiger partial charge in [0.05, 0.1) is 11.1 Å². The number of benzene rings is 2.